The molecule has 98 valence electrons. The van der Waals surface area contributed by atoms with Crippen molar-refractivity contribution in [1.82, 2.24) is 10.2 Å². The van der Waals surface area contributed by atoms with E-state index in [9.17, 15) is 4.79 Å². The molecule has 2 aliphatic heterocycles. The van der Waals surface area contributed by atoms with Gasteiger partial charge in [0, 0.05) is 13.1 Å². The van der Waals surface area contributed by atoms with E-state index < -0.39 is 0 Å². The lowest BCUT2D eigenvalue weighted by molar-refractivity contribution is -0.145. The van der Waals surface area contributed by atoms with Crippen molar-refractivity contribution < 1.29 is 9.53 Å². The summed E-state index contributed by atoms with van der Waals surface area (Å²) in [6.45, 7) is 7.39. The van der Waals surface area contributed by atoms with Crippen LogP contribution < -0.4 is 5.32 Å². The highest BCUT2D eigenvalue weighted by molar-refractivity contribution is 5.86. The van der Waals surface area contributed by atoms with Gasteiger partial charge in [0.1, 0.15) is 0 Å². The summed E-state index contributed by atoms with van der Waals surface area (Å²) in [4.78, 5) is 14.6. The molecule has 0 aromatic heterocycles. The fourth-order valence-electron chi connectivity index (χ4n) is 2.90. The largest absolute Gasteiger partial charge is 0.375 e. The Kier molecular flexibility index (Phi) is 4.05. The van der Waals surface area contributed by atoms with E-state index in [1.165, 1.54) is 0 Å². The number of nitrogens with zero attached hydrogens (tertiary/aromatic N) is 1. The molecule has 0 aliphatic carbocycles. The fourth-order valence-corrected chi connectivity index (χ4v) is 2.90. The van der Waals surface area contributed by atoms with Gasteiger partial charge in [0.05, 0.1) is 18.2 Å². The molecule has 2 heterocycles. The first kappa shape index (κ1) is 12.8. The number of carbonyl (C=O) groups excluding carboxylic acids is 1. The molecule has 2 fully saturated rings. The molecule has 0 aromatic carbocycles. The summed E-state index contributed by atoms with van der Waals surface area (Å²) in [5.41, 5.74) is -0.282. The van der Waals surface area contributed by atoms with E-state index in [0.29, 0.717) is 12.5 Å². The molecular formula is C13H24N2O2. The Morgan fingerprint density at radius 2 is 2.35 bits per heavy atom. The Balaban J connectivity index is 2.03. The van der Waals surface area contributed by atoms with Gasteiger partial charge in [-0.3, -0.25) is 4.79 Å². The van der Waals surface area contributed by atoms with Crippen LogP contribution in [0.3, 0.4) is 0 Å². The zero-order valence-electron chi connectivity index (χ0n) is 11.0. The van der Waals surface area contributed by atoms with Gasteiger partial charge in [-0.25, -0.2) is 0 Å². The van der Waals surface area contributed by atoms with Gasteiger partial charge in [0.25, 0.3) is 0 Å². The van der Waals surface area contributed by atoms with Crippen LogP contribution >= 0.6 is 0 Å². The summed E-state index contributed by atoms with van der Waals surface area (Å²) >= 11 is 0. The van der Waals surface area contributed by atoms with Crippen molar-refractivity contribution in [2.45, 2.75) is 51.2 Å². The minimum atomic E-state index is -0.282. The van der Waals surface area contributed by atoms with Crippen molar-refractivity contribution in [2.24, 2.45) is 0 Å². The molecular weight excluding hydrogens is 216 g/mol. The minimum Gasteiger partial charge on any atom is -0.375 e. The van der Waals surface area contributed by atoms with Gasteiger partial charge in [-0.15, -0.1) is 0 Å². The maximum Gasteiger partial charge on any atom is 0.243 e. The second-order valence-corrected chi connectivity index (χ2v) is 5.12. The first-order valence-corrected chi connectivity index (χ1v) is 6.88. The van der Waals surface area contributed by atoms with Crippen LogP contribution in [0.5, 0.6) is 0 Å². The quantitative estimate of drug-likeness (QED) is 0.805. The number of rotatable bonds is 3. The predicted molar refractivity (Wildman–Crippen MR) is 66.9 cm³/mol. The molecule has 2 unspecified atom stereocenters. The molecule has 0 spiro atoms. The van der Waals surface area contributed by atoms with E-state index in [2.05, 4.69) is 19.2 Å². The lowest BCUT2D eigenvalue weighted by Crippen LogP contribution is -2.58. The topological polar surface area (TPSA) is 41.6 Å². The minimum absolute atomic E-state index is 0.225. The van der Waals surface area contributed by atoms with Crippen molar-refractivity contribution in [3.8, 4) is 0 Å². The number of nitrogens with one attached hydrogen (secondary N) is 1. The van der Waals surface area contributed by atoms with Crippen LogP contribution in [-0.2, 0) is 9.53 Å². The molecule has 4 heteroatoms. The van der Waals surface area contributed by atoms with Crippen LogP contribution in [-0.4, -0.2) is 48.7 Å². The molecule has 0 radical (unpaired) electrons. The van der Waals surface area contributed by atoms with E-state index in [1.54, 1.807) is 0 Å². The average molecular weight is 240 g/mol. The fraction of sp³-hybridized carbons (Fsp3) is 0.923. The number of carbonyl (C=O) groups is 1. The Morgan fingerprint density at radius 1 is 1.53 bits per heavy atom. The number of hydrogen-bond donors (Lipinski definition) is 1. The third-order valence-corrected chi connectivity index (χ3v) is 4.14. The molecule has 17 heavy (non-hydrogen) atoms. The van der Waals surface area contributed by atoms with Crippen LogP contribution in [0.15, 0.2) is 0 Å². The van der Waals surface area contributed by atoms with E-state index in [1.807, 2.05) is 4.90 Å². The number of amides is 1. The van der Waals surface area contributed by atoms with E-state index in [0.717, 1.165) is 45.3 Å². The number of hydrogen-bond acceptors (Lipinski definition) is 3. The highest BCUT2D eigenvalue weighted by atomic mass is 16.5. The molecule has 4 nitrogen and oxygen atoms in total. The lowest BCUT2D eigenvalue weighted by atomic mass is 9.92. The van der Waals surface area contributed by atoms with Crippen molar-refractivity contribution in [2.75, 3.05) is 26.2 Å². The summed E-state index contributed by atoms with van der Waals surface area (Å²) in [5.74, 6) is 0.291. The molecule has 0 bridgehead atoms. The third kappa shape index (κ3) is 2.47. The van der Waals surface area contributed by atoms with Gasteiger partial charge in [-0.2, -0.15) is 0 Å². The van der Waals surface area contributed by atoms with Gasteiger partial charge in [0.15, 0.2) is 0 Å². The van der Waals surface area contributed by atoms with Gasteiger partial charge >= 0.3 is 0 Å². The second-order valence-electron chi connectivity index (χ2n) is 5.12. The summed E-state index contributed by atoms with van der Waals surface area (Å²) in [7, 11) is 0. The molecule has 2 atom stereocenters. The molecule has 1 amide bonds. The van der Waals surface area contributed by atoms with Crippen molar-refractivity contribution in [3.05, 3.63) is 0 Å². The summed E-state index contributed by atoms with van der Waals surface area (Å²) < 4.78 is 5.62. The number of morpholine rings is 1. The normalized spacial score (nSPS) is 34.0. The molecule has 2 aliphatic rings. The summed E-state index contributed by atoms with van der Waals surface area (Å²) in [6.07, 6.45) is 4.19. The van der Waals surface area contributed by atoms with Gasteiger partial charge in [0.2, 0.25) is 5.91 Å². The summed E-state index contributed by atoms with van der Waals surface area (Å²) in [6, 6.07) is 0. The second kappa shape index (κ2) is 5.36. The van der Waals surface area contributed by atoms with Crippen molar-refractivity contribution in [1.29, 1.82) is 0 Å². The van der Waals surface area contributed by atoms with E-state index in [-0.39, 0.29) is 11.6 Å². The van der Waals surface area contributed by atoms with Gasteiger partial charge < -0.3 is 15.0 Å². The van der Waals surface area contributed by atoms with Crippen LogP contribution in [0.2, 0.25) is 0 Å². The zero-order valence-corrected chi connectivity index (χ0v) is 11.0. The van der Waals surface area contributed by atoms with E-state index >= 15 is 0 Å². The van der Waals surface area contributed by atoms with Crippen LogP contribution in [0.25, 0.3) is 0 Å². The predicted octanol–water partition coefficient (Wildman–Crippen LogP) is 1.16. The van der Waals surface area contributed by atoms with Crippen molar-refractivity contribution in [3.63, 3.8) is 0 Å². The standard InChI is InChI=1S/C13H24N2O2/c1-3-11-10-15(8-9-17-11)12(16)13(4-2)6-5-7-14-13/h11,14H,3-10H2,1-2H3. The SMILES string of the molecule is CCC1CN(C(=O)C2(CC)CCCN2)CCO1. The van der Waals surface area contributed by atoms with Crippen LogP contribution in [0.1, 0.15) is 39.5 Å². The Labute approximate surface area is 104 Å². The molecule has 0 aromatic rings. The molecule has 1 N–H and O–H groups in total. The Morgan fingerprint density at radius 3 is 2.94 bits per heavy atom. The van der Waals surface area contributed by atoms with Crippen molar-refractivity contribution >= 4 is 5.91 Å². The maximum atomic E-state index is 12.6. The van der Waals surface area contributed by atoms with Crippen LogP contribution in [0.4, 0.5) is 0 Å². The Bertz CT molecular complexity index is 275. The smallest absolute Gasteiger partial charge is 0.243 e. The Hall–Kier alpha value is -0.610. The van der Waals surface area contributed by atoms with Gasteiger partial charge in [-0.1, -0.05) is 13.8 Å². The molecule has 2 saturated heterocycles. The molecule has 2 rings (SSSR count). The highest BCUT2D eigenvalue weighted by Crippen LogP contribution is 2.26. The van der Waals surface area contributed by atoms with Crippen LogP contribution in [0, 0.1) is 0 Å². The molecule has 0 saturated carbocycles. The van der Waals surface area contributed by atoms with Gasteiger partial charge in [-0.05, 0) is 32.2 Å². The summed E-state index contributed by atoms with van der Waals surface area (Å²) in [5, 5.41) is 3.42. The third-order valence-electron chi connectivity index (χ3n) is 4.14. The first-order chi connectivity index (χ1) is 8.22. The maximum absolute atomic E-state index is 12.6. The highest BCUT2D eigenvalue weighted by Gasteiger charge is 2.42. The zero-order chi connectivity index (χ0) is 12.3. The lowest BCUT2D eigenvalue weighted by Gasteiger charge is -2.38. The first-order valence-electron chi connectivity index (χ1n) is 6.88. The monoisotopic (exact) mass is 240 g/mol. The number of ether oxygens (including phenoxy) is 1. The van der Waals surface area contributed by atoms with E-state index in [4.69, 9.17) is 4.74 Å². The average Bonchev–Trinajstić information content (AvgIpc) is 2.88.